The molecule has 0 bridgehead atoms. The van der Waals surface area contributed by atoms with Gasteiger partial charge in [-0.3, -0.25) is 0 Å². The third-order valence-electron chi connectivity index (χ3n) is 2.80. The van der Waals surface area contributed by atoms with Gasteiger partial charge in [-0.1, -0.05) is 0 Å². The van der Waals surface area contributed by atoms with E-state index >= 15 is 0 Å². The molecule has 0 aliphatic heterocycles. The van der Waals surface area contributed by atoms with Crippen LogP contribution in [0.15, 0.2) is 18.5 Å². The van der Waals surface area contributed by atoms with Crippen molar-refractivity contribution < 1.29 is 5.11 Å². The molecule has 16 heavy (non-hydrogen) atoms. The number of nitrogens with one attached hydrogen (secondary N) is 1. The first-order valence-electron chi connectivity index (χ1n) is 5.58. The molecule has 2 heterocycles. The van der Waals surface area contributed by atoms with E-state index in [1.54, 1.807) is 12.3 Å². The van der Waals surface area contributed by atoms with E-state index in [0.717, 1.165) is 36.1 Å². The van der Waals surface area contributed by atoms with Gasteiger partial charge in [-0.05, 0) is 38.6 Å². The Bertz CT molecular complexity index is 490. The number of nitrogens with zero attached hydrogens (tertiary/aromatic N) is 2. The molecule has 0 fully saturated rings. The van der Waals surface area contributed by atoms with Gasteiger partial charge in [0.25, 0.3) is 0 Å². The molecule has 0 radical (unpaired) electrons. The fourth-order valence-corrected chi connectivity index (χ4v) is 1.97. The summed E-state index contributed by atoms with van der Waals surface area (Å²) in [5.41, 5.74) is 2.02. The summed E-state index contributed by atoms with van der Waals surface area (Å²) < 4.78 is 2.07. The largest absolute Gasteiger partial charge is 0.507 e. The van der Waals surface area contributed by atoms with Crippen LogP contribution < -0.4 is 5.32 Å². The number of rotatable bonds is 4. The Balaban J connectivity index is 2.55. The van der Waals surface area contributed by atoms with Crippen LogP contribution in [0.4, 0.5) is 0 Å². The van der Waals surface area contributed by atoms with E-state index in [1.807, 2.05) is 7.05 Å². The molecule has 2 aromatic heterocycles. The van der Waals surface area contributed by atoms with Gasteiger partial charge in [0.2, 0.25) is 0 Å². The van der Waals surface area contributed by atoms with Crippen molar-refractivity contribution in [2.45, 2.75) is 19.9 Å². The highest BCUT2D eigenvalue weighted by molar-refractivity contribution is 5.86. The number of aryl methyl sites for hydroxylation is 1. The molecule has 2 rings (SSSR count). The van der Waals surface area contributed by atoms with Crippen molar-refractivity contribution in [3.05, 3.63) is 24.0 Å². The molecule has 0 amide bonds. The Labute approximate surface area is 94.9 Å². The standard InChI is InChI=1S/C12H17N3O/c1-3-15-8-9(4-6-13-2)11-10(16)5-7-14-12(11)15/h5,7-8,13H,3-4,6H2,1-2H3,(H,14,16). The molecule has 2 N–H and O–H groups in total. The summed E-state index contributed by atoms with van der Waals surface area (Å²) in [4.78, 5) is 4.32. The molecule has 2 aromatic rings. The second-order valence-electron chi connectivity index (χ2n) is 3.82. The number of hydrogen-bond acceptors (Lipinski definition) is 3. The molecule has 0 atom stereocenters. The van der Waals surface area contributed by atoms with Gasteiger partial charge in [0.15, 0.2) is 0 Å². The van der Waals surface area contributed by atoms with Gasteiger partial charge in [0.1, 0.15) is 11.4 Å². The molecule has 0 saturated carbocycles. The van der Waals surface area contributed by atoms with Gasteiger partial charge in [-0.15, -0.1) is 0 Å². The molecule has 0 spiro atoms. The minimum absolute atomic E-state index is 0.323. The maximum absolute atomic E-state index is 9.89. The number of aromatic hydroxyl groups is 1. The number of aromatic nitrogens is 2. The molecule has 0 aliphatic rings. The Morgan fingerprint density at radius 3 is 3.00 bits per heavy atom. The predicted molar refractivity (Wildman–Crippen MR) is 64.7 cm³/mol. The minimum atomic E-state index is 0.323. The number of hydrogen-bond donors (Lipinski definition) is 2. The first-order valence-corrected chi connectivity index (χ1v) is 5.58. The van der Waals surface area contributed by atoms with Crippen molar-refractivity contribution in [3.8, 4) is 5.75 Å². The zero-order chi connectivity index (χ0) is 11.5. The number of likely N-dealkylation sites (N-methyl/N-ethyl adjacent to an activating group) is 1. The Hall–Kier alpha value is -1.55. The van der Waals surface area contributed by atoms with Crippen molar-refractivity contribution in [2.24, 2.45) is 0 Å². The van der Waals surface area contributed by atoms with Crippen LogP contribution in [-0.2, 0) is 13.0 Å². The van der Waals surface area contributed by atoms with Gasteiger partial charge in [0, 0.05) is 18.9 Å². The van der Waals surface area contributed by atoms with Crippen molar-refractivity contribution in [1.82, 2.24) is 14.9 Å². The van der Waals surface area contributed by atoms with E-state index in [0.29, 0.717) is 5.75 Å². The van der Waals surface area contributed by atoms with E-state index in [9.17, 15) is 5.11 Å². The van der Waals surface area contributed by atoms with Crippen LogP contribution in [-0.4, -0.2) is 28.3 Å². The fraction of sp³-hybridized carbons (Fsp3) is 0.417. The second kappa shape index (κ2) is 4.53. The van der Waals surface area contributed by atoms with Crippen molar-refractivity contribution >= 4 is 11.0 Å². The van der Waals surface area contributed by atoms with Crippen molar-refractivity contribution in [1.29, 1.82) is 0 Å². The van der Waals surface area contributed by atoms with Crippen LogP contribution in [0.5, 0.6) is 5.75 Å². The fourth-order valence-electron chi connectivity index (χ4n) is 1.97. The van der Waals surface area contributed by atoms with Gasteiger partial charge in [0.05, 0.1) is 5.39 Å². The average molecular weight is 219 g/mol. The quantitative estimate of drug-likeness (QED) is 0.819. The molecular weight excluding hydrogens is 202 g/mol. The number of fused-ring (bicyclic) bond motifs is 1. The molecule has 0 saturated heterocycles. The highest BCUT2D eigenvalue weighted by atomic mass is 16.3. The van der Waals surface area contributed by atoms with E-state index in [1.165, 1.54) is 0 Å². The van der Waals surface area contributed by atoms with Crippen LogP contribution in [0.3, 0.4) is 0 Å². The summed E-state index contributed by atoms with van der Waals surface area (Å²) in [6, 6.07) is 1.64. The first-order chi connectivity index (χ1) is 7.77. The normalized spacial score (nSPS) is 11.1. The second-order valence-corrected chi connectivity index (χ2v) is 3.82. The van der Waals surface area contributed by atoms with Crippen molar-refractivity contribution in [3.63, 3.8) is 0 Å². The molecule has 4 nitrogen and oxygen atoms in total. The smallest absolute Gasteiger partial charge is 0.143 e. The zero-order valence-electron chi connectivity index (χ0n) is 9.70. The first kappa shape index (κ1) is 11.0. The van der Waals surface area contributed by atoms with Gasteiger partial charge >= 0.3 is 0 Å². The van der Waals surface area contributed by atoms with E-state index in [2.05, 4.69) is 28.0 Å². The highest BCUT2D eigenvalue weighted by Gasteiger charge is 2.11. The third-order valence-corrected chi connectivity index (χ3v) is 2.80. The number of pyridine rings is 1. The van der Waals surface area contributed by atoms with E-state index in [4.69, 9.17) is 0 Å². The van der Waals surface area contributed by atoms with Gasteiger partial charge in [-0.2, -0.15) is 0 Å². The summed E-state index contributed by atoms with van der Waals surface area (Å²) in [6.45, 7) is 3.84. The lowest BCUT2D eigenvalue weighted by atomic mass is 10.1. The van der Waals surface area contributed by atoms with E-state index in [-0.39, 0.29) is 0 Å². The molecule has 4 heteroatoms. The maximum atomic E-state index is 9.89. The summed E-state index contributed by atoms with van der Waals surface area (Å²) in [5, 5.41) is 13.9. The van der Waals surface area contributed by atoms with Crippen LogP contribution in [0.2, 0.25) is 0 Å². The molecular formula is C12H17N3O. The lowest BCUT2D eigenvalue weighted by Crippen LogP contribution is -2.10. The lowest BCUT2D eigenvalue weighted by Gasteiger charge is -2.00. The lowest BCUT2D eigenvalue weighted by molar-refractivity contribution is 0.480. The summed E-state index contributed by atoms with van der Waals surface area (Å²) >= 11 is 0. The topological polar surface area (TPSA) is 50.1 Å². The van der Waals surface area contributed by atoms with Gasteiger partial charge < -0.3 is 15.0 Å². The summed E-state index contributed by atoms with van der Waals surface area (Å²) in [5.74, 6) is 0.323. The van der Waals surface area contributed by atoms with Crippen molar-refractivity contribution in [2.75, 3.05) is 13.6 Å². The maximum Gasteiger partial charge on any atom is 0.143 e. The molecule has 0 aliphatic carbocycles. The summed E-state index contributed by atoms with van der Waals surface area (Å²) in [7, 11) is 1.93. The average Bonchev–Trinajstić information content (AvgIpc) is 2.66. The van der Waals surface area contributed by atoms with Crippen LogP contribution >= 0.6 is 0 Å². The zero-order valence-corrected chi connectivity index (χ0v) is 9.70. The molecule has 0 unspecified atom stereocenters. The SMILES string of the molecule is CCn1cc(CCNC)c2c(O)ccnc21. The highest BCUT2D eigenvalue weighted by Crippen LogP contribution is 2.28. The van der Waals surface area contributed by atoms with Crippen LogP contribution in [0.25, 0.3) is 11.0 Å². The van der Waals surface area contributed by atoms with Crippen LogP contribution in [0.1, 0.15) is 12.5 Å². The molecule has 86 valence electrons. The predicted octanol–water partition coefficient (Wildman–Crippen LogP) is 1.52. The Morgan fingerprint density at radius 2 is 2.31 bits per heavy atom. The summed E-state index contributed by atoms with van der Waals surface area (Å²) in [6.07, 6.45) is 4.62. The van der Waals surface area contributed by atoms with E-state index < -0.39 is 0 Å². The minimum Gasteiger partial charge on any atom is -0.507 e. The molecule has 0 aromatic carbocycles. The van der Waals surface area contributed by atoms with Crippen LogP contribution in [0, 0.1) is 0 Å². The Morgan fingerprint density at radius 1 is 1.50 bits per heavy atom. The monoisotopic (exact) mass is 219 g/mol. The van der Waals surface area contributed by atoms with Gasteiger partial charge in [-0.25, -0.2) is 4.98 Å². The Kier molecular flexibility index (Phi) is 3.10. The third kappa shape index (κ3) is 1.76.